The van der Waals surface area contributed by atoms with Crippen molar-refractivity contribution in [3.8, 4) is 5.75 Å². The summed E-state index contributed by atoms with van der Waals surface area (Å²) >= 11 is 1.14. The number of ether oxygens (including phenoxy) is 1. The molecule has 0 aliphatic carbocycles. The van der Waals surface area contributed by atoms with Crippen LogP contribution < -0.4 is 10.1 Å². The van der Waals surface area contributed by atoms with Gasteiger partial charge < -0.3 is 15.2 Å². The number of sulfonamides is 1. The fraction of sp³-hybridized carbons (Fsp3) is 0.389. The van der Waals surface area contributed by atoms with Crippen LogP contribution in [0.2, 0.25) is 0 Å². The van der Waals surface area contributed by atoms with Crippen LogP contribution in [0.25, 0.3) is 0 Å². The fourth-order valence-electron chi connectivity index (χ4n) is 3.07. The van der Waals surface area contributed by atoms with Crippen molar-refractivity contribution in [3.63, 3.8) is 0 Å². The van der Waals surface area contributed by atoms with E-state index in [9.17, 15) is 18.3 Å². The lowest BCUT2D eigenvalue weighted by Gasteiger charge is -2.23. The topological polar surface area (TPSA) is 95.9 Å². The fourth-order valence-corrected chi connectivity index (χ4v) is 5.85. The van der Waals surface area contributed by atoms with E-state index < -0.39 is 22.2 Å². The first kappa shape index (κ1) is 19.8. The number of aliphatic hydroxyl groups excluding tert-OH is 1. The quantitative estimate of drug-likeness (QED) is 0.725. The number of carbonyl (C=O) groups excluding carboxylic acids is 1. The van der Waals surface area contributed by atoms with Crippen molar-refractivity contribution in [2.45, 2.75) is 29.2 Å². The van der Waals surface area contributed by atoms with Gasteiger partial charge in [0.25, 0.3) is 10.0 Å². The molecule has 2 N–H and O–H groups in total. The van der Waals surface area contributed by atoms with E-state index in [1.54, 1.807) is 48.9 Å². The first-order chi connectivity index (χ1) is 12.9. The number of methoxy groups -OCH3 is 1. The highest BCUT2D eigenvalue weighted by Gasteiger charge is 2.39. The number of benzene rings is 1. The maximum Gasteiger partial charge on any atom is 0.253 e. The molecule has 2 atom stereocenters. The Morgan fingerprint density at radius 2 is 2.11 bits per heavy atom. The lowest BCUT2D eigenvalue weighted by molar-refractivity contribution is -0.124. The third kappa shape index (κ3) is 4.32. The molecule has 146 valence electrons. The van der Waals surface area contributed by atoms with Crippen LogP contribution in [-0.4, -0.2) is 50.0 Å². The van der Waals surface area contributed by atoms with Gasteiger partial charge in [-0.15, -0.1) is 11.3 Å². The van der Waals surface area contributed by atoms with Gasteiger partial charge in [0.05, 0.1) is 13.2 Å². The van der Waals surface area contributed by atoms with Crippen molar-refractivity contribution in [2.24, 2.45) is 0 Å². The molecule has 3 rings (SSSR count). The van der Waals surface area contributed by atoms with Crippen molar-refractivity contribution >= 4 is 27.3 Å². The standard InChI is InChI=1S/C18H22N2O5S2/c1-25-14-8-6-13(7-9-14)16(21)12-19-18(22)15-4-2-10-20(15)27(23,24)17-5-3-11-26-17/h3,5-9,11,15-16,21H,2,4,10,12H2,1H3,(H,19,22). The van der Waals surface area contributed by atoms with Gasteiger partial charge in [-0.3, -0.25) is 4.79 Å². The lowest BCUT2D eigenvalue weighted by atomic mass is 10.1. The van der Waals surface area contributed by atoms with E-state index in [4.69, 9.17) is 4.74 Å². The van der Waals surface area contributed by atoms with Crippen LogP contribution in [0.3, 0.4) is 0 Å². The van der Waals surface area contributed by atoms with Crippen LogP contribution in [0.4, 0.5) is 0 Å². The van der Waals surface area contributed by atoms with Gasteiger partial charge in [0.1, 0.15) is 16.0 Å². The van der Waals surface area contributed by atoms with E-state index in [1.807, 2.05) is 0 Å². The van der Waals surface area contributed by atoms with Crippen LogP contribution >= 0.6 is 11.3 Å². The molecular weight excluding hydrogens is 388 g/mol. The smallest absolute Gasteiger partial charge is 0.253 e. The average Bonchev–Trinajstić information content (AvgIpc) is 3.38. The molecule has 2 aromatic rings. The van der Waals surface area contributed by atoms with Gasteiger partial charge in [-0.05, 0) is 42.0 Å². The Labute approximate surface area is 162 Å². The molecule has 1 saturated heterocycles. The third-order valence-corrected chi connectivity index (χ3v) is 7.82. The number of amides is 1. The Hall–Kier alpha value is -1.94. The molecular formula is C18H22N2O5S2. The van der Waals surface area contributed by atoms with Gasteiger partial charge >= 0.3 is 0 Å². The molecule has 0 saturated carbocycles. The molecule has 0 radical (unpaired) electrons. The predicted molar refractivity (Wildman–Crippen MR) is 102 cm³/mol. The van der Waals surface area contributed by atoms with Crippen molar-refractivity contribution < 1.29 is 23.1 Å². The summed E-state index contributed by atoms with van der Waals surface area (Å²) in [5.41, 5.74) is 0.644. The summed E-state index contributed by atoms with van der Waals surface area (Å²) in [6.45, 7) is 0.327. The molecule has 2 heterocycles. The molecule has 2 unspecified atom stereocenters. The monoisotopic (exact) mass is 410 g/mol. The molecule has 1 aliphatic heterocycles. The van der Waals surface area contributed by atoms with Crippen molar-refractivity contribution in [2.75, 3.05) is 20.2 Å². The maximum absolute atomic E-state index is 12.7. The van der Waals surface area contributed by atoms with E-state index in [-0.39, 0.29) is 16.7 Å². The second-order valence-corrected chi connectivity index (χ2v) is 9.31. The van der Waals surface area contributed by atoms with E-state index in [0.717, 1.165) is 11.3 Å². The second-order valence-electron chi connectivity index (χ2n) is 6.24. The van der Waals surface area contributed by atoms with Crippen LogP contribution in [-0.2, 0) is 14.8 Å². The minimum absolute atomic E-state index is 0.00848. The van der Waals surface area contributed by atoms with Crippen molar-refractivity contribution in [3.05, 3.63) is 47.3 Å². The first-order valence-corrected chi connectivity index (χ1v) is 10.9. The minimum atomic E-state index is -3.67. The predicted octanol–water partition coefficient (Wildman–Crippen LogP) is 1.76. The van der Waals surface area contributed by atoms with Crippen LogP contribution in [0.5, 0.6) is 5.75 Å². The van der Waals surface area contributed by atoms with Crippen LogP contribution in [0.15, 0.2) is 46.0 Å². The third-order valence-electron chi connectivity index (χ3n) is 4.53. The normalized spacial score (nSPS) is 19.0. The summed E-state index contributed by atoms with van der Waals surface area (Å²) in [5, 5.41) is 14.6. The Morgan fingerprint density at radius 1 is 1.37 bits per heavy atom. The number of aliphatic hydroxyl groups is 1. The van der Waals surface area contributed by atoms with Gasteiger partial charge in [-0.1, -0.05) is 18.2 Å². The van der Waals surface area contributed by atoms with Gasteiger partial charge in [0.15, 0.2) is 0 Å². The van der Waals surface area contributed by atoms with E-state index >= 15 is 0 Å². The van der Waals surface area contributed by atoms with Crippen molar-refractivity contribution in [1.82, 2.24) is 9.62 Å². The first-order valence-electron chi connectivity index (χ1n) is 8.58. The number of nitrogens with zero attached hydrogens (tertiary/aromatic N) is 1. The summed E-state index contributed by atoms with van der Waals surface area (Å²) in [7, 11) is -2.11. The zero-order valence-electron chi connectivity index (χ0n) is 14.9. The van der Waals surface area contributed by atoms with E-state index in [1.165, 1.54) is 4.31 Å². The zero-order chi connectivity index (χ0) is 19.4. The molecule has 0 spiro atoms. The molecule has 7 nitrogen and oxygen atoms in total. The molecule has 1 aromatic heterocycles. The molecule has 1 aliphatic rings. The number of thiophene rings is 1. The van der Waals surface area contributed by atoms with Gasteiger partial charge in [0, 0.05) is 13.1 Å². The largest absolute Gasteiger partial charge is 0.497 e. The Bertz CT molecular complexity index is 866. The summed E-state index contributed by atoms with van der Waals surface area (Å²) < 4.78 is 32.0. The zero-order valence-corrected chi connectivity index (χ0v) is 16.5. The Morgan fingerprint density at radius 3 is 2.74 bits per heavy atom. The highest BCUT2D eigenvalue weighted by Crippen LogP contribution is 2.28. The lowest BCUT2D eigenvalue weighted by Crippen LogP contribution is -2.46. The van der Waals surface area contributed by atoms with Crippen LogP contribution in [0, 0.1) is 0 Å². The SMILES string of the molecule is COc1ccc(C(O)CNC(=O)C2CCCN2S(=O)(=O)c2cccs2)cc1. The van der Waals surface area contributed by atoms with Gasteiger partial charge in [0.2, 0.25) is 5.91 Å². The number of rotatable bonds is 7. The molecule has 1 fully saturated rings. The molecule has 9 heteroatoms. The second kappa shape index (κ2) is 8.39. The Balaban J connectivity index is 1.63. The molecule has 1 aromatic carbocycles. The van der Waals surface area contributed by atoms with Crippen LogP contribution in [0.1, 0.15) is 24.5 Å². The number of hydrogen-bond acceptors (Lipinski definition) is 6. The number of nitrogens with one attached hydrogen (secondary N) is 1. The Kier molecular flexibility index (Phi) is 6.15. The van der Waals surface area contributed by atoms with Gasteiger partial charge in [-0.2, -0.15) is 4.31 Å². The van der Waals surface area contributed by atoms with E-state index in [2.05, 4.69) is 5.32 Å². The van der Waals surface area contributed by atoms with E-state index in [0.29, 0.717) is 30.7 Å². The summed E-state index contributed by atoms with van der Waals surface area (Å²) in [6.07, 6.45) is 0.210. The average molecular weight is 411 g/mol. The minimum Gasteiger partial charge on any atom is -0.497 e. The summed E-state index contributed by atoms with van der Waals surface area (Å²) in [6, 6.07) is 9.37. The highest BCUT2D eigenvalue weighted by molar-refractivity contribution is 7.91. The highest BCUT2D eigenvalue weighted by atomic mass is 32.2. The molecule has 27 heavy (non-hydrogen) atoms. The van der Waals surface area contributed by atoms with Crippen molar-refractivity contribution in [1.29, 1.82) is 0 Å². The molecule has 0 bridgehead atoms. The van der Waals surface area contributed by atoms with Gasteiger partial charge in [-0.25, -0.2) is 8.42 Å². The number of carbonyl (C=O) groups is 1. The molecule has 1 amide bonds. The maximum atomic E-state index is 12.7. The number of hydrogen-bond donors (Lipinski definition) is 2. The summed E-state index contributed by atoms with van der Waals surface area (Å²) in [4.78, 5) is 12.6. The summed E-state index contributed by atoms with van der Waals surface area (Å²) in [5.74, 6) is 0.288.